The van der Waals surface area contributed by atoms with Gasteiger partial charge in [-0.2, -0.15) is 0 Å². The number of rotatable bonds is 1. The molecule has 0 amide bonds. The van der Waals surface area contributed by atoms with E-state index in [-0.39, 0.29) is 0 Å². The maximum Gasteiger partial charge on any atom is 0.136 e. The van der Waals surface area contributed by atoms with Crippen LogP contribution in [0.3, 0.4) is 0 Å². The van der Waals surface area contributed by atoms with Crippen molar-refractivity contribution in [1.29, 1.82) is 0 Å². The smallest absolute Gasteiger partial charge is 0.136 e. The van der Waals surface area contributed by atoms with Crippen LogP contribution in [-0.2, 0) is 6.42 Å². The molecule has 70 valence electrons. The van der Waals surface area contributed by atoms with Crippen LogP contribution in [0.15, 0.2) is 30.6 Å². The molecule has 2 nitrogen and oxygen atoms in total. The Morgan fingerprint density at radius 2 is 2.08 bits per heavy atom. The summed E-state index contributed by atoms with van der Waals surface area (Å²) < 4.78 is 2.04. The van der Waals surface area contributed by atoms with E-state index in [1.54, 1.807) is 0 Å². The van der Waals surface area contributed by atoms with Crippen molar-refractivity contribution in [2.45, 2.75) is 27.2 Å². The lowest BCUT2D eigenvalue weighted by molar-refractivity contribution is 1.07. The van der Waals surface area contributed by atoms with Gasteiger partial charge in [0.2, 0.25) is 0 Å². The van der Waals surface area contributed by atoms with Crippen LogP contribution in [0.5, 0.6) is 0 Å². The summed E-state index contributed by atoms with van der Waals surface area (Å²) in [5.41, 5.74) is 2.18. The van der Waals surface area contributed by atoms with E-state index >= 15 is 0 Å². The highest BCUT2D eigenvalue weighted by atomic mass is 15.0. The highest BCUT2D eigenvalue weighted by molar-refractivity contribution is 5.39. The molecular weight excluding hydrogens is 160 g/mol. The van der Waals surface area contributed by atoms with Crippen LogP contribution in [0, 0.1) is 0 Å². The van der Waals surface area contributed by atoms with Gasteiger partial charge in [0.05, 0.1) is 5.69 Å². The zero-order chi connectivity index (χ0) is 9.68. The van der Waals surface area contributed by atoms with E-state index in [1.165, 1.54) is 0 Å². The monoisotopic (exact) mass is 176 g/mol. The molecule has 0 fully saturated rings. The first-order chi connectivity index (χ1) is 6.40. The van der Waals surface area contributed by atoms with Gasteiger partial charge in [0.15, 0.2) is 0 Å². The number of hydrogen-bond donors (Lipinski definition) is 0. The van der Waals surface area contributed by atoms with Gasteiger partial charge in [-0.3, -0.25) is 0 Å². The van der Waals surface area contributed by atoms with E-state index < -0.39 is 0 Å². The molecule has 0 saturated heterocycles. The maximum absolute atomic E-state index is 4.39. The molecule has 0 aliphatic rings. The number of nitrogens with zero attached hydrogens (tertiary/aromatic N) is 2. The lowest BCUT2D eigenvalue weighted by atomic mass is 10.4. The summed E-state index contributed by atoms with van der Waals surface area (Å²) >= 11 is 0. The second-order valence-corrected chi connectivity index (χ2v) is 2.55. The molecule has 2 aromatic heterocycles. The predicted molar refractivity (Wildman–Crippen MR) is 55.9 cm³/mol. The van der Waals surface area contributed by atoms with Crippen LogP contribution in [-0.4, -0.2) is 9.38 Å². The van der Waals surface area contributed by atoms with Gasteiger partial charge in [0.25, 0.3) is 0 Å². The van der Waals surface area contributed by atoms with Crippen LogP contribution < -0.4 is 0 Å². The second kappa shape index (κ2) is 4.65. The topological polar surface area (TPSA) is 17.3 Å². The quantitative estimate of drug-likeness (QED) is 0.653. The van der Waals surface area contributed by atoms with Crippen molar-refractivity contribution >= 4 is 5.65 Å². The minimum atomic E-state index is 1.00. The molecule has 0 atom stereocenters. The molecule has 0 spiro atoms. The number of aryl methyl sites for hydroxylation is 1. The summed E-state index contributed by atoms with van der Waals surface area (Å²) in [6.45, 7) is 6.11. The Kier molecular flexibility index (Phi) is 3.50. The fraction of sp³-hybridized carbons (Fsp3) is 0.364. The summed E-state index contributed by atoms with van der Waals surface area (Å²) in [6, 6.07) is 6.02. The molecule has 13 heavy (non-hydrogen) atoms. The summed E-state index contributed by atoms with van der Waals surface area (Å²) in [7, 11) is 0. The van der Waals surface area contributed by atoms with Gasteiger partial charge in [0, 0.05) is 12.4 Å². The van der Waals surface area contributed by atoms with E-state index in [2.05, 4.69) is 18.1 Å². The molecule has 0 N–H and O–H groups in total. The van der Waals surface area contributed by atoms with Gasteiger partial charge in [-0.1, -0.05) is 26.8 Å². The zero-order valence-corrected chi connectivity index (χ0v) is 8.49. The molecule has 0 aliphatic carbocycles. The third kappa shape index (κ3) is 2.08. The molecule has 0 radical (unpaired) electrons. The number of imidazole rings is 1. The molecule has 2 heterocycles. The highest BCUT2D eigenvalue weighted by Crippen LogP contribution is 2.03. The van der Waals surface area contributed by atoms with Crippen molar-refractivity contribution in [1.82, 2.24) is 9.38 Å². The fourth-order valence-electron chi connectivity index (χ4n) is 1.16. The minimum absolute atomic E-state index is 1.00. The van der Waals surface area contributed by atoms with Gasteiger partial charge < -0.3 is 4.40 Å². The molecule has 2 aromatic rings. The molecule has 0 bridgehead atoms. The van der Waals surface area contributed by atoms with Crippen LogP contribution in [0.25, 0.3) is 5.65 Å². The van der Waals surface area contributed by atoms with Gasteiger partial charge in [-0.15, -0.1) is 0 Å². The Morgan fingerprint density at radius 3 is 2.69 bits per heavy atom. The van der Waals surface area contributed by atoms with Gasteiger partial charge >= 0.3 is 0 Å². The van der Waals surface area contributed by atoms with E-state index in [1.807, 2.05) is 42.6 Å². The van der Waals surface area contributed by atoms with Gasteiger partial charge in [-0.25, -0.2) is 4.98 Å². The summed E-state index contributed by atoms with van der Waals surface area (Å²) in [6.07, 6.45) is 5.08. The Hall–Kier alpha value is -1.31. The first-order valence-corrected chi connectivity index (χ1v) is 4.83. The normalized spacial score (nSPS) is 9.46. The van der Waals surface area contributed by atoms with Crippen LogP contribution in [0.4, 0.5) is 0 Å². The lowest BCUT2D eigenvalue weighted by Gasteiger charge is -1.86. The Morgan fingerprint density at radius 1 is 1.31 bits per heavy atom. The van der Waals surface area contributed by atoms with Crippen molar-refractivity contribution in [2.24, 2.45) is 0 Å². The van der Waals surface area contributed by atoms with Crippen molar-refractivity contribution in [3.05, 3.63) is 36.3 Å². The van der Waals surface area contributed by atoms with Crippen LogP contribution in [0.1, 0.15) is 26.5 Å². The molecule has 2 heteroatoms. The number of fused-ring (bicyclic) bond motifs is 1. The molecule has 0 aliphatic heterocycles. The number of pyridine rings is 1. The van der Waals surface area contributed by atoms with E-state index in [9.17, 15) is 0 Å². The Bertz CT molecular complexity index is 330. The average molecular weight is 176 g/mol. The standard InChI is InChI=1S/C9H10N2.C2H6/c1-2-8-7-11-6-4-3-5-9(11)10-8;1-2/h3-7H,2H2,1H3;1-2H3. The second-order valence-electron chi connectivity index (χ2n) is 2.55. The first kappa shape index (κ1) is 9.78. The van der Waals surface area contributed by atoms with Crippen molar-refractivity contribution in [3.8, 4) is 0 Å². The third-order valence-electron chi connectivity index (χ3n) is 1.78. The van der Waals surface area contributed by atoms with E-state index in [0.29, 0.717) is 0 Å². The summed E-state index contributed by atoms with van der Waals surface area (Å²) in [5.74, 6) is 0. The molecule has 0 saturated carbocycles. The predicted octanol–water partition coefficient (Wildman–Crippen LogP) is 2.92. The van der Waals surface area contributed by atoms with E-state index in [0.717, 1.165) is 17.8 Å². The molecule has 0 aromatic carbocycles. The third-order valence-corrected chi connectivity index (χ3v) is 1.78. The number of aromatic nitrogens is 2. The molecule has 0 unspecified atom stereocenters. The SMILES string of the molecule is CC.CCc1cn2ccccc2n1. The Balaban J connectivity index is 0.000000396. The largest absolute Gasteiger partial charge is 0.307 e. The fourth-order valence-corrected chi connectivity index (χ4v) is 1.16. The zero-order valence-electron chi connectivity index (χ0n) is 8.49. The first-order valence-electron chi connectivity index (χ1n) is 4.83. The van der Waals surface area contributed by atoms with Crippen LogP contribution in [0.2, 0.25) is 0 Å². The lowest BCUT2D eigenvalue weighted by Crippen LogP contribution is -1.77. The average Bonchev–Trinajstić information content (AvgIpc) is 2.63. The Labute approximate surface area is 79.2 Å². The van der Waals surface area contributed by atoms with Gasteiger partial charge in [0.1, 0.15) is 5.65 Å². The van der Waals surface area contributed by atoms with Crippen molar-refractivity contribution in [3.63, 3.8) is 0 Å². The summed E-state index contributed by atoms with van der Waals surface area (Å²) in [5, 5.41) is 0. The maximum atomic E-state index is 4.39. The molecule has 2 rings (SSSR count). The van der Waals surface area contributed by atoms with Gasteiger partial charge in [-0.05, 0) is 18.6 Å². The summed E-state index contributed by atoms with van der Waals surface area (Å²) in [4.78, 5) is 4.39. The van der Waals surface area contributed by atoms with Crippen LogP contribution >= 0.6 is 0 Å². The molecular formula is C11H16N2. The van der Waals surface area contributed by atoms with E-state index in [4.69, 9.17) is 0 Å². The number of hydrogen-bond acceptors (Lipinski definition) is 1. The van der Waals surface area contributed by atoms with Crippen molar-refractivity contribution in [2.75, 3.05) is 0 Å². The van der Waals surface area contributed by atoms with Crippen molar-refractivity contribution < 1.29 is 0 Å². The minimum Gasteiger partial charge on any atom is -0.307 e. The highest BCUT2D eigenvalue weighted by Gasteiger charge is 1.95.